The summed E-state index contributed by atoms with van der Waals surface area (Å²) in [6, 6.07) is 0.563. The number of hydrogen-bond acceptors (Lipinski definition) is 3. The van der Waals surface area contributed by atoms with E-state index in [9.17, 15) is 0 Å². The molecule has 4 heteroatoms. The summed E-state index contributed by atoms with van der Waals surface area (Å²) in [6.07, 6.45) is 3.42. The molecule has 0 amide bonds. The highest BCUT2D eigenvalue weighted by Crippen LogP contribution is 2.27. The zero-order valence-electron chi connectivity index (χ0n) is 12.1. The number of anilines is 1. The fourth-order valence-electron chi connectivity index (χ4n) is 2.48. The molecule has 0 aromatic carbocycles. The van der Waals surface area contributed by atoms with Crippen LogP contribution in [0.1, 0.15) is 44.9 Å². The molecule has 1 aliphatic heterocycles. The number of H-pyrrole nitrogens is 1. The van der Waals surface area contributed by atoms with Crippen LogP contribution in [0.25, 0.3) is 0 Å². The molecule has 0 aliphatic carbocycles. The van der Waals surface area contributed by atoms with E-state index in [1.54, 1.807) is 0 Å². The van der Waals surface area contributed by atoms with Gasteiger partial charge in [-0.3, -0.25) is 5.10 Å². The van der Waals surface area contributed by atoms with Crippen LogP contribution in [0.2, 0.25) is 0 Å². The normalized spacial score (nSPS) is 18.0. The van der Waals surface area contributed by atoms with Crippen molar-refractivity contribution in [1.29, 1.82) is 0 Å². The molecule has 1 aliphatic rings. The SMILES string of the molecule is Cc1[nH]nc(NC2CCNCC2)c1CC(C)(C)C. The van der Waals surface area contributed by atoms with Crippen molar-refractivity contribution in [3.63, 3.8) is 0 Å². The summed E-state index contributed by atoms with van der Waals surface area (Å²) in [5.74, 6) is 1.06. The Morgan fingerprint density at radius 1 is 1.28 bits per heavy atom. The number of hydrogen-bond donors (Lipinski definition) is 3. The fraction of sp³-hybridized carbons (Fsp3) is 0.786. The van der Waals surface area contributed by atoms with Gasteiger partial charge in [0.2, 0.25) is 0 Å². The minimum absolute atomic E-state index is 0.291. The number of aromatic nitrogens is 2. The number of nitrogens with zero attached hydrogens (tertiary/aromatic N) is 1. The second kappa shape index (κ2) is 5.31. The van der Waals surface area contributed by atoms with Crippen molar-refractivity contribution in [2.24, 2.45) is 5.41 Å². The van der Waals surface area contributed by atoms with Gasteiger partial charge in [0.1, 0.15) is 0 Å². The van der Waals surface area contributed by atoms with E-state index in [4.69, 9.17) is 0 Å². The Bertz CT molecular complexity index is 383. The molecule has 2 rings (SSSR count). The molecule has 0 spiro atoms. The second-order valence-corrected chi connectivity index (χ2v) is 6.58. The van der Waals surface area contributed by atoms with Crippen LogP contribution in [0.5, 0.6) is 0 Å². The van der Waals surface area contributed by atoms with Gasteiger partial charge in [-0.25, -0.2) is 0 Å². The molecule has 3 N–H and O–H groups in total. The molecule has 0 unspecified atom stereocenters. The summed E-state index contributed by atoms with van der Waals surface area (Å²) < 4.78 is 0. The minimum atomic E-state index is 0.291. The summed E-state index contributed by atoms with van der Waals surface area (Å²) in [5, 5.41) is 14.6. The lowest BCUT2D eigenvalue weighted by Gasteiger charge is -2.25. The van der Waals surface area contributed by atoms with E-state index in [-0.39, 0.29) is 0 Å². The van der Waals surface area contributed by atoms with Crippen molar-refractivity contribution in [3.05, 3.63) is 11.3 Å². The Balaban J connectivity index is 2.07. The van der Waals surface area contributed by atoms with Gasteiger partial charge in [-0.2, -0.15) is 5.10 Å². The van der Waals surface area contributed by atoms with Crippen LogP contribution < -0.4 is 10.6 Å². The average molecular weight is 250 g/mol. The molecule has 1 saturated heterocycles. The topological polar surface area (TPSA) is 52.7 Å². The number of rotatable bonds is 3. The van der Waals surface area contributed by atoms with Crippen LogP contribution in [-0.4, -0.2) is 29.3 Å². The summed E-state index contributed by atoms with van der Waals surface area (Å²) in [7, 11) is 0. The Hall–Kier alpha value is -1.03. The Labute approximate surface area is 110 Å². The van der Waals surface area contributed by atoms with Gasteiger partial charge in [0.25, 0.3) is 0 Å². The standard InChI is InChI=1S/C14H26N4/c1-10-12(9-14(2,3)4)13(18-17-10)16-11-5-7-15-8-6-11/h11,15H,5-9H2,1-4H3,(H2,16,17,18). The first-order valence-corrected chi connectivity index (χ1v) is 6.97. The monoisotopic (exact) mass is 250 g/mol. The lowest BCUT2D eigenvalue weighted by Crippen LogP contribution is -2.35. The predicted octanol–water partition coefficient (Wildman–Crippen LogP) is 2.47. The van der Waals surface area contributed by atoms with E-state index in [0.29, 0.717) is 11.5 Å². The zero-order chi connectivity index (χ0) is 13.2. The average Bonchev–Trinajstić information content (AvgIpc) is 2.61. The predicted molar refractivity (Wildman–Crippen MR) is 76.0 cm³/mol. The smallest absolute Gasteiger partial charge is 0.151 e. The molecular weight excluding hydrogens is 224 g/mol. The zero-order valence-corrected chi connectivity index (χ0v) is 12.1. The molecule has 2 heterocycles. The van der Waals surface area contributed by atoms with Crippen molar-refractivity contribution in [1.82, 2.24) is 15.5 Å². The van der Waals surface area contributed by atoms with Crippen LogP contribution in [0.4, 0.5) is 5.82 Å². The molecule has 1 aromatic rings. The Morgan fingerprint density at radius 3 is 2.56 bits per heavy atom. The van der Waals surface area contributed by atoms with Crippen molar-refractivity contribution >= 4 is 5.82 Å². The van der Waals surface area contributed by atoms with Crippen LogP contribution >= 0.6 is 0 Å². The van der Waals surface area contributed by atoms with E-state index in [1.807, 2.05) is 0 Å². The van der Waals surface area contributed by atoms with Crippen LogP contribution in [0.3, 0.4) is 0 Å². The van der Waals surface area contributed by atoms with E-state index in [2.05, 4.69) is 48.5 Å². The highest BCUT2D eigenvalue weighted by atomic mass is 15.2. The summed E-state index contributed by atoms with van der Waals surface area (Å²) >= 11 is 0. The third-order valence-corrected chi connectivity index (χ3v) is 3.46. The van der Waals surface area contributed by atoms with Crippen molar-refractivity contribution in [2.75, 3.05) is 18.4 Å². The van der Waals surface area contributed by atoms with Crippen molar-refractivity contribution in [3.8, 4) is 0 Å². The molecule has 1 fully saturated rings. The maximum Gasteiger partial charge on any atom is 0.151 e. The molecule has 0 bridgehead atoms. The van der Waals surface area contributed by atoms with Gasteiger partial charge in [-0.15, -0.1) is 0 Å². The maximum absolute atomic E-state index is 4.44. The number of nitrogens with one attached hydrogen (secondary N) is 3. The first-order chi connectivity index (χ1) is 8.46. The molecule has 18 heavy (non-hydrogen) atoms. The van der Waals surface area contributed by atoms with E-state index in [0.717, 1.165) is 25.3 Å². The molecule has 0 radical (unpaired) electrons. The molecule has 0 atom stereocenters. The lowest BCUT2D eigenvalue weighted by molar-refractivity contribution is 0.410. The quantitative estimate of drug-likeness (QED) is 0.772. The largest absolute Gasteiger partial charge is 0.366 e. The molecule has 1 aromatic heterocycles. The van der Waals surface area contributed by atoms with Crippen molar-refractivity contribution < 1.29 is 0 Å². The highest BCUT2D eigenvalue weighted by Gasteiger charge is 2.21. The first-order valence-electron chi connectivity index (χ1n) is 6.97. The van der Waals surface area contributed by atoms with Gasteiger partial charge in [0, 0.05) is 17.3 Å². The van der Waals surface area contributed by atoms with Gasteiger partial charge in [-0.1, -0.05) is 20.8 Å². The van der Waals surface area contributed by atoms with Gasteiger partial charge < -0.3 is 10.6 Å². The van der Waals surface area contributed by atoms with Crippen LogP contribution in [0.15, 0.2) is 0 Å². The van der Waals surface area contributed by atoms with Gasteiger partial charge in [0.05, 0.1) is 0 Å². The minimum Gasteiger partial charge on any atom is -0.366 e. The maximum atomic E-state index is 4.44. The van der Waals surface area contributed by atoms with Crippen LogP contribution in [-0.2, 0) is 6.42 Å². The van der Waals surface area contributed by atoms with E-state index in [1.165, 1.54) is 24.1 Å². The number of piperidine rings is 1. The summed E-state index contributed by atoms with van der Waals surface area (Å²) in [5.41, 5.74) is 2.83. The van der Waals surface area contributed by atoms with Gasteiger partial charge >= 0.3 is 0 Å². The highest BCUT2D eigenvalue weighted by molar-refractivity contribution is 5.47. The fourth-order valence-corrected chi connectivity index (χ4v) is 2.48. The van der Waals surface area contributed by atoms with Crippen molar-refractivity contribution in [2.45, 2.75) is 53.0 Å². The summed E-state index contributed by atoms with van der Waals surface area (Å²) in [4.78, 5) is 0. The summed E-state index contributed by atoms with van der Waals surface area (Å²) in [6.45, 7) is 11.1. The second-order valence-electron chi connectivity index (χ2n) is 6.58. The van der Waals surface area contributed by atoms with E-state index < -0.39 is 0 Å². The first kappa shape index (κ1) is 13.4. The lowest BCUT2D eigenvalue weighted by atomic mass is 9.88. The third kappa shape index (κ3) is 3.48. The van der Waals surface area contributed by atoms with Gasteiger partial charge in [-0.05, 0) is 44.7 Å². The molecule has 0 saturated carbocycles. The number of aromatic amines is 1. The third-order valence-electron chi connectivity index (χ3n) is 3.46. The Kier molecular flexibility index (Phi) is 3.95. The van der Waals surface area contributed by atoms with E-state index >= 15 is 0 Å². The number of aryl methyl sites for hydroxylation is 1. The molecule has 4 nitrogen and oxygen atoms in total. The Morgan fingerprint density at radius 2 is 1.94 bits per heavy atom. The molecule has 102 valence electrons. The van der Waals surface area contributed by atoms with Gasteiger partial charge in [0.15, 0.2) is 5.82 Å². The molecular formula is C14H26N4. The van der Waals surface area contributed by atoms with Crippen LogP contribution in [0, 0.1) is 12.3 Å².